The second-order valence-corrected chi connectivity index (χ2v) is 8.36. The molecule has 2 aromatic carbocycles. The zero-order chi connectivity index (χ0) is 20.5. The normalized spacial score (nSPS) is 11.5. The van der Waals surface area contributed by atoms with Gasteiger partial charge in [-0.15, -0.1) is 0 Å². The van der Waals surface area contributed by atoms with Crippen LogP contribution in [0.25, 0.3) is 6.08 Å². The van der Waals surface area contributed by atoms with E-state index in [0.29, 0.717) is 5.56 Å². The standard InChI is InChI=1S/C23H30BrN3O/c1-26(2)13-7-12-25-22-15-20(14-21(24)16-22)23(28)11-10-18-8-5-6-9-19(18)17-27(3)4/h5-6,8-11,14-16,25H,7,12-13,17H2,1-4H3/b11-10+. The number of halogens is 1. The van der Waals surface area contributed by atoms with E-state index in [4.69, 9.17) is 0 Å². The highest BCUT2D eigenvalue weighted by atomic mass is 79.9. The van der Waals surface area contributed by atoms with Crippen molar-refractivity contribution >= 4 is 33.5 Å². The molecule has 0 aromatic heterocycles. The molecule has 4 nitrogen and oxygen atoms in total. The van der Waals surface area contributed by atoms with Gasteiger partial charge < -0.3 is 15.1 Å². The molecule has 150 valence electrons. The predicted octanol–water partition coefficient (Wildman–Crippen LogP) is 4.77. The van der Waals surface area contributed by atoms with Crippen LogP contribution in [0, 0.1) is 0 Å². The molecule has 2 rings (SSSR count). The highest BCUT2D eigenvalue weighted by Gasteiger charge is 2.07. The summed E-state index contributed by atoms with van der Waals surface area (Å²) in [6, 6.07) is 13.9. The van der Waals surface area contributed by atoms with Gasteiger partial charge in [-0.25, -0.2) is 0 Å². The summed E-state index contributed by atoms with van der Waals surface area (Å²) in [4.78, 5) is 17.0. The van der Waals surface area contributed by atoms with Gasteiger partial charge in [0.15, 0.2) is 5.78 Å². The number of hydrogen-bond acceptors (Lipinski definition) is 4. The van der Waals surface area contributed by atoms with Crippen LogP contribution in [0.5, 0.6) is 0 Å². The molecule has 1 N–H and O–H groups in total. The monoisotopic (exact) mass is 443 g/mol. The Labute approximate surface area is 177 Å². The number of hydrogen-bond donors (Lipinski definition) is 1. The Balaban J connectivity index is 2.09. The van der Waals surface area contributed by atoms with Crippen LogP contribution in [0.2, 0.25) is 0 Å². The van der Waals surface area contributed by atoms with Crippen molar-refractivity contribution in [3.8, 4) is 0 Å². The molecule has 0 heterocycles. The Morgan fingerprint density at radius 2 is 1.82 bits per heavy atom. The fraction of sp³-hybridized carbons (Fsp3) is 0.348. The van der Waals surface area contributed by atoms with E-state index in [2.05, 4.69) is 51.2 Å². The summed E-state index contributed by atoms with van der Waals surface area (Å²) in [5.41, 5.74) is 3.90. The summed E-state index contributed by atoms with van der Waals surface area (Å²) in [7, 11) is 8.22. The maximum absolute atomic E-state index is 12.7. The fourth-order valence-electron chi connectivity index (χ4n) is 2.91. The smallest absolute Gasteiger partial charge is 0.185 e. The van der Waals surface area contributed by atoms with Crippen molar-refractivity contribution in [1.29, 1.82) is 0 Å². The molecule has 0 atom stereocenters. The van der Waals surface area contributed by atoms with Gasteiger partial charge in [0, 0.05) is 28.8 Å². The molecule has 0 saturated carbocycles. The first-order valence-electron chi connectivity index (χ1n) is 9.49. The molecular formula is C23H30BrN3O. The third-order valence-corrected chi connectivity index (χ3v) is 4.71. The number of allylic oxidation sites excluding steroid dienone is 1. The molecule has 0 saturated heterocycles. The zero-order valence-corrected chi connectivity index (χ0v) is 18.8. The number of carbonyl (C=O) groups excluding carboxylic acids is 1. The van der Waals surface area contributed by atoms with Crippen molar-refractivity contribution < 1.29 is 4.79 Å². The third-order valence-electron chi connectivity index (χ3n) is 4.25. The molecule has 0 aliphatic rings. The first-order valence-corrected chi connectivity index (χ1v) is 10.3. The Bertz CT molecular complexity index is 815. The van der Waals surface area contributed by atoms with Crippen LogP contribution in [0.15, 0.2) is 53.0 Å². The SMILES string of the molecule is CN(C)CCCNc1cc(Br)cc(C(=O)/C=C/c2ccccc2CN(C)C)c1. The van der Waals surface area contributed by atoms with Gasteiger partial charge in [0.05, 0.1) is 0 Å². The Morgan fingerprint density at radius 3 is 2.54 bits per heavy atom. The summed E-state index contributed by atoms with van der Waals surface area (Å²) in [5.74, 6) is -0.00250. The maximum atomic E-state index is 12.7. The van der Waals surface area contributed by atoms with Gasteiger partial charge in [-0.2, -0.15) is 0 Å². The van der Waals surface area contributed by atoms with Crippen molar-refractivity contribution in [2.75, 3.05) is 46.6 Å². The lowest BCUT2D eigenvalue weighted by molar-refractivity contribution is 0.104. The van der Waals surface area contributed by atoms with E-state index in [1.807, 2.05) is 56.6 Å². The molecule has 0 bridgehead atoms. The molecule has 28 heavy (non-hydrogen) atoms. The maximum Gasteiger partial charge on any atom is 0.185 e. The Hall–Kier alpha value is -1.95. The molecular weight excluding hydrogens is 414 g/mol. The molecule has 0 aliphatic heterocycles. The molecule has 5 heteroatoms. The van der Waals surface area contributed by atoms with Gasteiger partial charge in [0.1, 0.15) is 0 Å². The van der Waals surface area contributed by atoms with Crippen molar-refractivity contribution in [3.05, 3.63) is 69.7 Å². The number of benzene rings is 2. The Morgan fingerprint density at radius 1 is 1.07 bits per heavy atom. The van der Waals surface area contributed by atoms with Crippen molar-refractivity contribution in [2.45, 2.75) is 13.0 Å². The lowest BCUT2D eigenvalue weighted by atomic mass is 10.0. The van der Waals surface area contributed by atoms with Gasteiger partial charge in [0.2, 0.25) is 0 Å². The largest absolute Gasteiger partial charge is 0.385 e. The molecule has 0 aliphatic carbocycles. The zero-order valence-electron chi connectivity index (χ0n) is 17.2. The summed E-state index contributed by atoms with van der Waals surface area (Å²) >= 11 is 3.52. The van der Waals surface area contributed by atoms with Crippen LogP contribution in [-0.4, -0.2) is 56.9 Å². The third kappa shape index (κ3) is 7.58. The lowest BCUT2D eigenvalue weighted by Crippen LogP contribution is -2.16. The van der Waals surface area contributed by atoms with E-state index in [1.54, 1.807) is 6.08 Å². The highest BCUT2D eigenvalue weighted by molar-refractivity contribution is 9.10. The van der Waals surface area contributed by atoms with Crippen molar-refractivity contribution in [3.63, 3.8) is 0 Å². The van der Waals surface area contributed by atoms with E-state index in [1.165, 1.54) is 5.56 Å². The number of anilines is 1. The van der Waals surface area contributed by atoms with Crippen LogP contribution in [0.4, 0.5) is 5.69 Å². The number of ketones is 1. The average molecular weight is 444 g/mol. The molecule has 0 radical (unpaired) electrons. The molecule has 0 spiro atoms. The summed E-state index contributed by atoms with van der Waals surface area (Å²) < 4.78 is 0.898. The number of rotatable bonds is 10. The lowest BCUT2D eigenvalue weighted by Gasteiger charge is -2.12. The van der Waals surface area contributed by atoms with Crippen LogP contribution >= 0.6 is 15.9 Å². The topological polar surface area (TPSA) is 35.6 Å². The molecule has 0 amide bonds. The fourth-order valence-corrected chi connectivity index (χ4v) is 3.40. The predicted molar refractivity (Wildman–Crippen MR) is 123 cm³/mol. The summed E-state index contributed by atoms with van der Waals surface area (Å²) in [6.07, 6.45) is 4.61. The summed E-state index contributed by atoms with van der Waals surface area (Å²) in [6.45, 7) is 2.74. The van der Waals surface area contributed by atoms with E-state index < -0.39 is 0 Å². The van der Waals surface area contributed by atoms with Crippen LogP contribution in [0.1, 0.15) is 27.9 Å². The minimum absolute atomic E-state index is 0.00250. The van der Waals surface area contributed by atoms with Gasteiger partial charge >= 0.3 is 0 Å². The molecule has 2 aromatic rings. The van der Waals surface area contributed by atoms with Crippen LogP contribution in [0.3, 0.4) is 0 Å². The van der Waals surface area contributed by atoms with E-state index in [-0.39, 0.29) is 5.78 Å². The summed E-state index contributed by atoms with van der Waals surface area (Å²) in [5, 5.41) is 3.40. The minimum atomic E-state index is -0.00250. The van der Waals surface area contributed by atoms with Gasteiger partial charge in [-0.05, 0) is 76.6 Å². The molecule has 0 fully saturated rings. The van der Waals surface area contributed by atoms with Crippen LogP contribution in [-0.2, 0) is 6.54 Å². The number of carbonyl (C=O) groups is 1. The minimum Gasteiger partial charge on any atom is -0.385 e. The van der Waals surface area contributed by atoms with E-state index in [0.717, 1.165) is 41.8 Å². The number of nitrogens with one attached hydrogen (secondary N) is 1. The van der Waals surface area contributed by atoms with E-state index in [9.17, 15) is 4.79 Å². The number of nitrogens with zero attached hydrogens (tertiary/aromatic N) is 2. The first-order chi connectivity index (χ1) is 13.3. The highest BCUT2D eigenvalue weighted by Crippen LogP contribution is 2.21. The second kappa shape index (κ2) is 11.1. The second-order valence-electron chi connectivity index (χ2n) is 7.45. The first kappa shape index (κ1) is 22.3. The quantitative estimate of drug-likeness (QED) is 0.325. The van der Waals surface area contributed by atoms with E-state index >= 15 is 0 Å². The Kier molecular flexibility index (Phi) is 8.90. The van der Waals surface area contributed by atoms with Crippen LogP contribution < -0.4 is 5.32 Å². The van der Waals surface area contributed by atoms with Gasteiger partial charge in [0.25, 0.3) is 0 Å². The van der Waals surface area contributed by atoms with Gasteiger partial charge in [-0.3, -0.25) is 4.79 Å². The van der Waals surface area contributed by atoms with Crippen molar-refractivity contribution in [2.24, 2.45) is 0 Å². The van der Waals surface area contributed by atoms with Gasteiger partial charge in [-0.1, -0.05) is 46.3 Å². The average Bonchev–Trinajstić information content (AvgIpc) is 2.63. The van der Waals surface area contributed by atoms with Crippen molar-refractivity contribution in [1.82, 2.24) is 9.80 Å². The molecule has 0 unspecified atom stereocenters.